The fourth-order valence-electron chi connectivity index (χ4n) is 1.81. The minimum Gasteiger partial charge on any atom is -0.378 e. The molecule has 1 atom stereocenters. The smallest absolute Gasteiger partial charge is 0.378 e. The lowest BCUT2D eigenvalue weighted by Gasteiger charge is -2.19. The molecule has 20 heavy (non-hydrogen) atoms. The van der Waals surface area contributed by atoms with E-state index in [1.165, 1.54) is 23.5 Å². The Morgan fingerprint density at radius 1 is 1.30 bits per heavy atom. The van der Waals surface area contributed by atoms with Gasteiger partial charge in [0.1, 0.15) is 0 Å². The quantitative estimate of drug-likeness (QED) is 0.882. The summed E-state index contributed by atoms with van der Waals surface area (Å²) in [4.78, 5) is 0. The van der Waals surface area contributed by atoms with Crippen molar-refractivity contribution in [1.82, 2.24) is 0 Å². The number of nitrogens with one attached hydrogen (secondary N) is 1. The van der Waals surface area contributed by atoms with Crippen molar-refractivity contribution >= 4 is 17.0 Å². The van der Waals surface area contributed by atoms with E-state index in [0.717, 1.165) is 11.6 Å². The number of benzene rings is 1. The van der Waals surface area contributed by atoms with E-state index in [1.807, 2.05) is 16.8 Å². The Morgan fingerprint density at radius 3 is 2.60 bits per heavy atom. The van der Waals surface area contributed by atoms with Gasteiger partial charge in [-0.15, -0.1) is 0 Å². The molecule has 0 fully saturated rings. The molecule has 0 bridgehead atoms. The second-order valence-electron chi connectivity index (χ2n) is 4.29. The Labute approximate surface area is 118 Å². The third-order valence-electron chi connectivity index (χ3n) is 2.87. The molecule has 0 aliphatic carbocycles. The van der Waals surface area contributed by atoms with Crippen LogP contribution in [0.3, 0.4) is 0 Å². The van der Waals surface area contributed by atoms with Gasteiger partial charge in [0.25, 0.3) is 0 Å². The van der Waals surface area contributed by atoms with E-state index in [2.05, 4.69) is 5.32 Å². The van der Waals surface area contributed by atoms with Crippen LogP contribution in [0.15, 0.2) is 35.0 Å². The number of anilines is 1. The third-order valence-corrected chi connectivity index (χ3v) is 3.57. The summed E-state index contributed by atoms with van der Waals surface area (Å²) in [5.74, 6) is 0. The van der Waals surface area contributed by atoms with Crippen LogP contribution in [-0.2, 0) is 6.18 Å². The van der Waals surface area contributed by atoms with Crippen molar-refractivity contribution in [2.24, 2.45) is 0 Å². The lowest BCUT2D eigenvalue weighted by atomic mass is 10.1. The van der Waals surface area contributed by atoms with Gasteiger partial charge in [0.2, 0.25) is 0 Å². The second kappa shape index (κ2) is 5.55. The number of hydrogen-bond acceptors (Lipinski definition) is 3. The predicted molar refractivity (Wildman–Crippen MR) is 72.5 cm³/mol. The molecule has 0 saturated heterocycles. The van der Waals surface area contributed by atoms with E-state index >= 15 is 0 Å². The summed E-state index contributed by atoms with van der Waals surface area (Å²) in [6.45, 7) is 1.79. The SMILES string of the molecule is CC(Nc1ccc(C#N)cc1C(F)(F)F)c1ccsc1. The molecule has 2 rings (SSSR count). The molecule has 0 aliphatic heterocycles. The summed E-state index contributed by atoms with van der Waals surface area (Å²) in [5, 5.41) is 15.3. The summed E-state index contributed by atoms with van der Waals surface area (Å²) < 4.78 is 39.0. The monoisotopic (exact) mass is 296 g/mol. The molecule has 0 radical (unpaired) electrons. The Kier molecular flexibility index (Phi) is 4.00. The van der Waals surface area contributed by atoms with Gasteiger partial charge in [-0.05, 0) is 47.5 Å². The zero-order valence-electron chi connectivity index (χ0n) is 10.5. The fraction of sp³-hybridized carbons (Fsp3) is 0.214. The van der Waals surface area contributed by atoms with Crippen molar-refractivity contribution in [3.05, 3.63) is 51.7 Å². The van der Waals surface area contributed by atoms with E-state index in [4.69, 9.17) is 5.26 Å². The summed E-state index contributed by atoms with van der Waals surface area (Å²) in [7, 11) is 0. The topological polar surface area (TPSA) is 35.8 Å². The van der Waals surface area contributed by atoms with E-state index < -0.39 is 11.7 Å². The largest absolute Gasteiger partial charge is 0.418 e. The van der Waals surface area contributed by atoms with Crippen LogP contribution in [0.2, 0.25) is 0 Å². The zero-order chi connectivity index (χ0) is 14.8. The molecule has 0 spiro atoms. The van der Waals surface area contributed by atoms with Gasteiger partial charge in [0, 0.05) is 11.7 Å². The molecule has 0 aliphatic rings. The second-order valence-corrected chi connectivity index (χ2v) is 5.07. The van der Waals surface area contributed by atoms with Crippen LogP contribution in [-0.4, -0.2) is 0 Å². The van der Waals surface area contributed by atoms with Crippen LogP contribution < -0.4 is 5.32 Å². The van der Waals surface area contributed by atoms with E-state index in [-0.39, 0.29) is 17.3 Å². The maximum atomic E-state index is 13.0. The first-order valence-corrected chi connectivity index (χ1v) is 6.76. The van der Waals surface area contributed by atoms with Gasteiger partial charge >= 0.3 is 6.18 Å². The van der Waals surface area contributed by atoms with E-state index in [0.29, 0.717) is 0 Å². The fourth-order valence-corrected chi connectivity index (χ4v) is 2.57. The van der Waals surface area contributed by atoms with Crippen LogP contribution in [0, 0.1) is 11.3 Å². The number of halogens is 3. The zero-order valence-corrected chi connectivity index (χ0v) is 11.3. The Balaban J connectivity index is 2.34. The molecule has 1 unspecified atom stereocenters. The van der Waals surface area contributed by atoms with Crippen LogP contribution in [0.5, 0.6) is 0 Å². The normalized spacial score (nSPS) is 12.8. The van der Waals surface area contributed by atoms with Crippen molar-refractivity contribution in [3.8, 4) is 6.07 Å². The molecule has 1 N–H and O–H groups in total. The van der Waals surface area contributed by atoms with Crippen LogP contribution in [0.25, 0.3) is 0 Å². The minimum atomic E-state index is -4.50. The number of nitrogens with zero attached hydrogens (tertiary/aromatic N) is 1. The van der Waals surface area contributed by atoms with E-state index in [9.17, 15) is 13.2 Å². The molecular formula is C14H11F3N2S. The van der Waals surface area contributed by atoms with Crippen molar-refractivity contribution in [3.63, 3.8) is 0 Å². The lowest BCUT2D eigenvalue weighted by molar-refractivity contribution is -0.137. The highest BCUT2D eigenvalue weighted by atomic mass is 32.1. The highest BCUT2D eigenvalue weighted by molar-refractivity contribution is 7.07. The number of rotatable bonds is 3. The molecule has 104 valence electrons. The van der Waals surface area contributed by atoms with Gasteiger partial charge in [0.05, 0.1) is 17.2 Å². The summed E-state index contributed by atoms with van der Waals surface area (Å²) >= 11 is 1.49. The van der Waals surface area contributed by atoms with E-state index in [1.54, 1.807) is 13.0 Å². The average Bonchev–Trinajstić information content (AvgIpc) is 2.91. The molecular weight excluding hydrogens is 285 g/mol. The van der Waals surface area contributed by atoms with Gasteiger partial charge in [-0.25, -0.2) is 0 Å². The maximum Gasteiger partial charge on any atom is 0.418 e. The van der Waals surface area contributed by atoms with Gasteiger partial charge in [-0.2, -0.15) is 29.8 Å². The first-order chi connectivity index (χ1) is 9.41. The standard InChI is InChI=1S/C14H11F3N2S/c1-9(11-4-5-20-8-11)19-13-3-2-10(7-18)6-12(13)14(15,16)17/h2-6,8-9,19H,1H3. The number of alkyl halides is 3. The summed E-state index contributed by atoms with van der Waals surface area (Å²) in [6, 6.07) is 6.87. The molecule has 1 aromatic carbocycles. The molecule has 0 saturated carbocycles. The predicted octanol–water partition coefficient (Wildman–Crippen LogP) is 4.81. The Hall–Kier alpha value is -2.00. The molecule has 1 heterocycles. The van der Waals surface area contributed by atoms with Crippen molar-refractivity contribution in [2.45, 2.75) is 19.1 Å². The Morgan fingerprint density at radius 2 is 2.05 bits per heavy atom. The van der Waals surface area contributed by atoms with Crippen molar-refractivity contribution < 1.29 is 13.2 Å². The first kappa shape index (κ1) is 14.4. The maximum absolute atomic E-state index is 13.0. The third kappa shape index (κ3) is 3.11. The number of thiophene rings is 1. The summed E-state index contributed by atoms with van der Waals surface area (Å²) in [6.07, 6.45) is -4.50. The van der Waals surface area contributed by atoms with Crippen LogP contribution in [0.4, 0.5) is 18.9 Å². The van der Waals surface area contributed by atoms with Gasteiger partial charge in [-0.1, -0.05) is 0 Å². The molecule has 2 aromatic rings. The molecule has 2 nitrogen and oxygen atoms in total. The number of hydrogen-bond donors (Lipinski definition) is 1. The van der Waals surface area contributed by atoms with Crippen molar-refractivity contribution in [2.75, 3.05) is 5.32 Å². The van der Waals surface area contributed by atoms with Crippen LogP contribution in [0.1, 0.15) is 29.7 Å². The molecule has 0 amide bonds. The number of nitriles is 1. The molecule has 1 aromatic heterocycles. The van der Waals surface area contributed by atoms with Gasteiger partial charge in [0.15, 0.2) is 0 Å². The van der Waals surface area contributed by atoms with Crippen molar-refractivity contribution in [1.29, 1.82) is 5.26 Å². The highest BCUT2D eigenvalue weighted by Gasteiger charge is 2.34. The highest BCUT2D eigenvalue weighted by Crippen LogP contribution is 2.36. The first-order valence-electron chi connectivity index (χ1n) is 5.82. The Bertz CT molecular complexity index is 627. The van der Waals surface area contributed by atoms with Gasteiger partial charge < -0.3 is 5.32 Å². The lowest BCUT2D eigenvalue weighted by Crippen LogP contribution is -2.13. The van der Waals surface area contributed by atoms with Crippen LogP contribution >= 0.6 is 11.3 Å². The average molecular weight is 296 g/mol. The minimum absolute atomic E-state index is 0.00828. The van der Waals surface area contributed by atoms with Gasteiger partial charge in [-0.3, -0.25) is 0 Å². The molecule has 6 heteroatoms. The summed E-state index contributed by atoms with van der Waals surface area (Å²) in [5.41, 5.74) is 0.0763.